The number of amides is 4. The quantitative estimate of drug-likeness (QED) is 0.740. The molecule has 0 radical (unpaired) electrons. The number of thiazole rings is 1. The molecule has 0 unspecified atom stereocenters. The van der Waals surface area contributed by atoms with E-state index in [2.05, 4.69) is 15.6 Å². The van der Waals surface area contributed by atoms with Crippen LogP contribution in [0.5, 0.6) is 0 Å². The standard InChI is InChI=1S/C18H20N4O4S/c23-15(21-17-19-12-5-1-2-6-14(12)27-17)8-7-13-16(24)22(18(25)20-13)10-11-4-3-9-26-11/h3-4,9,13H,1-2,5-8,10H2,(H,20,25)(H,19,21,23)/t13-/m0/s1. The Bertz CT molecular complexity index is 837. The predicted molar refractivity (Wildman–Crippen MR) is 98.2 cm³/mol. The van der Waals surface area contributed by atoms with E-state index in [4.69, 9.17) is 4.42 Å². The third-order valence-electron chi connectivity index (χ3n) is 4.75. The van der Waals surface area contributed by atoms with Gasteiger partial charge in [-0.2, -0.15) is 0 Å². The molecule has 0 saturated carbocycles. The number of aromatic nitrogens is 1. The summed E-state index contributed by atoms with van der Waals surface area (Å²) in [5.41, 5.74) is 1.09. The summed E-state index contributed by atoms with van der Waals surface area (Å²) < 4.78 is 5.18. The Kier molecular flexibility index (Phi) is 4.93. The van der Waals surface area contributed by atoms with E-state index in [1.807, 2.05) is 0 Å². The van der Waals surface area contributed by atoms with Gasteiger partial charge in [-0.05, 0) is 44.2 Å². The van der Waals surface area contributed by atoms with Crippen LogP contribution in [0.4, 0.5) is 9.93 Å². The molecule has 0 aromatic carbocycles. The summed E-state index contributed by atoms with van der Waals surface area (Å²) in [6.07, 6.45) is 6.17. The first-order chi connectivity index (χ1) is 13.1. The maximum absolute atomic E-state index is 12.4. The van der Waals surface area contributed by atoms with Gasteiger partial charge in [-0.1, -0.05) is 0 Å². The van der Waals surface area contributed by atoms with Crippen LogP contribution in [0.3, 0.4) is 0 Å². The van der Waals surface area contributed by atoms with E-state index in [0.29, 0.717) is 10.9 Å². The number of furan rings is 1. The van der Waals surface area contributed by atoms with Crippen molar-refractivity contribution in [1.29, 1.82) is 0 Å². The second-order valence-corrected chi connectivity index (χ2v) is 7.77. The van der Waals surface area contributed by atoms with Gasteiger partial charge in [0.15, 0.2) is 5.13 Å². The van der Waals surface area contributed by atoms with E-state index >= 15 is 0 Å². The van der Waals surface area contributed by atoms with Gasteiger partial charge in [-0.15, -0.1) is 11.3 Å². The van der Waals surface area contributed by atoms with Gasteiger partial charge in [-0.3, -0.25) is 14.5 Å². The molecule has 0 spiro atoms. The summed E-state index contributed by atoms with van der Waals surface area (Å²) in [4.78, 5) is 43.5. The van der Waals surface area contributed by atoms with Gasteiger partial charge in [0.05, 0.1) is 18.5 Å². The van der Waals surface area contributed by atoms with Crippen molar-refractivity contribution in [3.05, 3.63) is 34.7 Å². The molecule has 0 bridgehead atoms. The first-order valence-electron chi connectivity index (χ1n) is 9.03. The molecule has 1 fully saturated rings. The van der Waals surface area contributed by atoms with Crippen molar-refractivity contribution in [1.82, 2.24) is 15.2 Å². The summed E-state index contributed by atoms with van der Waals surface area (Å²) in [7, 11) is 0. The molecule has 4 rings (SSSR count). The first-order valence-corrected chi connectivity index (χ1v) is 9.84. The monoisotopic (exact) mass is 388 g/mol. The second-order valence-electron chi connectivity index (χ2n) is 6.69. The minimum absolute atomic E-state index is 0.0883. The Balaban J connectivity index is 1.29. The van der Waals surface area contributed by atoms with E-state index in [0.717, 1.165) is 29.9 Å². The lowest BCUT2D eigenvalue weighted by Crippen LogP contribution is -2.31. The molecule has 2 aliphatic rings. The molecule has 4 amide bonds. The lowest BCUT2D eigenvalue weighted by Gasteiger charge is -2.11. The Labute approximate surface area is 159 Å². The molecule has 1 aliphatic carbocycles. The molecule has 1 aliphatic heterocycles. The fourth-order valence-electron chi connectivity index (χ4n) is 3.34. The predicted octanol–water partition coefficient (Wildman–Crippen LogP) is 2.45. The van der Waals surface area contributed by atoms with Gasteiger partial charge in [0, 0.05) is 11.3 Å². The van der Waals surface area contributed by atoms with Gasteiger partial charge in [0.1, 0.15) is 11.8 Å². The second kappa shape index (κ2) is 7.51. The molecular formula is C18H20N4O4S. The molecular weight excluding hydrogens is 368 g/mol. The molecule has 1 saturated heterocycles. The topological polar surface area (TPSA) is 105 Å². The molecule has 27 heavy (non-hydrogen) atoms. The highest BCUT2D eigenvalue weighted by Crippen LogP contribution is 2.29. The van der Waals surface area contributed by atoms with Gasteiger partial charge >= 0.3 is 6.03 Å². The van der Waals surface area contributed by atoms with E-state index in [-0.39, 0.29) is 31.2 Å². The van der Waals surface area contributed by atoms with Crippen molar-refractivity contribution in [2.24, 2.45) is 0 Å². The minimum atomic E-state index is -0.692. The largest absolute Gasteiger partial charge is 0.467 e. The number of hydrogen-bond acceptors (Lipinski definition) is 6. The highest BCUT2D eigenvalue weighted by Gasteiger charge is 2.38. The van der Waals surface area contributed by atoms with Crippen molar-refractivity contribution in [2.75, 3.05) is 5.32 Å². The zero-order chi connectivity index (χ0) is 18.8. The number of carbonyl (C=O) groups is 3. The number of nitrogens with one attached hydrogen (secondary N) is 2. The van der Waals surface area contributed by atoms with E-state index in [9.17, 15) is 14.4 Å². The van der Waals surface area contributed by atoms with Crippen molar-refractivity contribution in [2.45, 2.75) is 51.1 Å². The third kappa shape index (κ3) is 3.87. The average molecular weight is 388 g/mol. The highest BCUT2D eigenvalue weighted by molar-refractivity contribution is 7.15. The zero-order valence-corrected chi connectivity index (χ0v) is 15.5. The number of imide groups is 1. The van der Waals surface area contributed by atoms with E-state index in [1.165, 1.54) is 28.9 Å². The van der Waals surface area contributed by atoms with Crippen LogP contribution in [0.25, 0.3) is 0 Å². The van der Waals surface area contributed by atoms with Crippen LogP contribution in [0.15, 0.2) is 22.8 Å². The molecule has 8 nitrogen and oxygen atoms in total. The maximum Gasteiger partial charge on any atom is 0.325 e. The summed E-state index contributed by atoms with van der Waals surface area (Å²) >= 11 is 1.53. The molecule has 3 heterocycles. The molecule has 2 aromatic rings. The lowest BCUT2D eigenvalue weighted by atomic mass is 10.0. The van der Waals surface area contributed by atoms with Crippen molar-refractivity contribution in [3.63, 3.8) is 0 Å². The van der Waals surface area contributed by atoms with Gasteiger partial charge in [0.2, 0.25) is 5.91 Å². The smallest absolute Gasteiger partial charge is 0.325 e. The van der Waals surface area contributed by atoms with Gasteiger partial charge in [-0.25, -0.2) is 9.78 Å². The van der Waals surface area contributed by atoms with Crippen LogP contribution in [-0.4, -0.2) is 33.8 Å². The summed E-state index contributed by atoms with van der Waals surface area (Å²) in [6.45, 7) is 0.0883. The van der Waals surface area contributed by atoms with Crippen molar-refractivity contribution in [3.8, 4) is 0 Å². The number of anilines is 1. The Hall–Kier alpha value is -2.68. The number of urea groups is 1. The Morgan fingerprint density at radius 1 is 1.37 bits per heavy atom. The fourth-order valence-corrected chi connectivity index (χ4v) is 4.41. The Morgan fingerprint density at radius 2 is 2.22 bits per heavy atom. The third-order valence-corrected chi connectivity index (χ3v) is 5.83. The normalized spacial score (nSPS) is 19.1. The zero-order valence-electron chi connectivity index (χ0n) is 14.7. The first kappa shape index (κ1) is 17.7. The molecule has 2 aromatic heterocycles. The number of carbonyl (C=O) groups excluding carboxylic acids is 3. The Morgan fingerprint density at radius 3 is 3.00 bits per heavy atom. The summed E-state index contributed by atoms with van der Waals surface area (Å²) in [5.74, 6) is -0.00817. The van der Waals surface area contributed by atoms with Crippen LogP contribution in [0, 0.1) is 0 Å². The summed E-state index contributed by atoms with van der Waals surface area (Å²) in [6, 6.07) is 2.25. The lowest BCUT2D eigenvalue weighted by molar-refractivity contribution is -0.128. The van der Waals surface area contributed by atoms with Crippen molar-refractivity contribution >= 4 is 34.3 Å². The number of rotatable bonds is 6. The minimum Gasteiger partial charge on any atom is -0.467 e. The molecule has 9 heteroatoms. The SMILES string of the molecule is O=C(CC[C@@H]1NC(=O)N(Cc2ccco2)C1=O)Nc1nc2c(s1)CCCC2. The van der Waals surface area contributed by atoms with E-state index < -0.39 is 12.1 Å². The van der Waals surface area contributed by atoms with Crippen LogP contribution in [-0.2, 0) is 29.0 Å². The van der Waals surface area contributed by atoms with Crippen molar-refractivity contribution < 1.29 is 18.8 Å². The molecule has 1 atom stereocenters. The van der Waals surface area contributed by atoms with Gasteiger partial charge in [0.25, 0.3) is 5.91 Å². The van der Waals surface area contributed by atoms with Crippen LogP contribution < -0.4 is 10.6 Å². The number of aryl methyl sites for hydroxylation is 2. The number of nitrogens with zero attached hydrogens (tertiary/aromatic N) is 2. The van der Waals surface area contributed by atoms with E-state index in [1.54, 1.807) is 12.1 Å². The highest BCUT2D eigenvalue weighted by atomic mass is 32.1. The maximum atomic E-state index is 12.4. The van der Waals surface area contributed by atoms with Crippen LogP contribution >= 0.6 is 11.3 Å². The van der Waals surface area contributed by atoms with Gasteiger partial charge < -0.3 is 15.1 Å². The number of hydrogen-bond donors (Lipinski definition) is 2. The number of fused-ring (bicyclic) bond motifs is 1. The molecule has 2 N–H and O–H groups in total. The van der Waals surface area contributed by atoms with Crippen LogP contribution in [0.2, 0.25) is 0 Å². The molecule has 142 valence electrons. The fraction of sp³-hybridized carbons (Fsp3) is 0.444. The summed E-state index contributed by atoms with van der Waals surface area (Å²) in [5, 5.41) is 6.06. The average Bonchev–Trinajstić information content (AvgIpc) is 3.36. The van der Waals surface area contributed by atoms with Crippen LogP contribution in [0.1, 0.15) is 42.0 Å².